The van der Waals surface area contributed by atoms with Gasteiger partial charge in [-0.05, 0) is 36.1 Å². The highest BCUT2D eigenvalue weighted by molar-refractivity contribution is 5.77. The van der Waals surface area contributed by atoms with Crippen molar-refractivity contribution in [2.75, 3.05) is 6.54 Å². The van der Waals surface area contributed by atoms with E-state index in [0.717, 1.165) is 6.42 Å². The molecule has 162 valence electrons. The molecule has 1 amide bonds. The van der Waals surface area contributed by atoms with E-state index in [2.05, 4.69) is 63.8 Å². The summed E-state index contributed by atoms with van der Waals surface area (Å²) in [6.07, 6.45) is 2.43. The third-order valence-electron chi connectivity index (χ3n) is 5.64. The maximum Gasteiger partial charge on any atom is 0.258 e. The Hall–Kier alpha value is -3.73. The molecule has 2 N–H and O–H groups in total. The van der Waals surface area contributed by atoms with Crippen LogP contribution in [0.3, 0.4) is 0 Å². The lowest BCUT2D eigenvalue weighted by atomic mass is 9.88. The monoisotopic (exact) mass is 425 g/mol. The lowest BCUT2D eigenvalue weighted by molar-refractivity contribution is -0.121. The number of nitrogens with zero attached hydrogens (tertiary/aromatic N) is 1. The molecule has 0 atom stereocenters. The zero-order valence-electron chi connectivity index (χ0n) is 18.0. The zero-order chi connectivity index (χ0) is 22.2. The van der Waals surface area contributed by atoms with Gasteiger partial charge in [0, 0.05) is 25.3 Å². The minimum Gasteiger partial charge on any atom is -0.356 e. The van der Waals surface area contributed by atoms with E-state index in [1.54, 1.807) is 6.07 Å². The molecular weight excluding hydrogens is 398 g/mol. The minimum absolute atomic E-state index is 0.0213. The maximum absolute atomic E-state index is 12.4. The molecule has 0 saturated heterocycles. The highest BCUT2D eigenvalue weighted by Crippen LogP contribution is 2.27. The van der Waals surface area contributed by atoms with Crippen LogP contribution in [-0.2, 0) is 11.2 Å². The summed E-state index contributed by atoms with van der Waals surface area (Å²) in [5.74, 6) is 0.882. The van der Waals surface area contributed by atoms with E-state index in [1.165, 1.54) is 11.1 Å². The number of para-hydroxylation sites is 1. The summed E-state index contributed by atoms with van der Waals surface area (Å²) in [6, 6.07) is 28.1. The Morgan fingerprint density at radius 3 is 2.19 bits per heavy atom. The van der Waals surface area contributed by atoms with Crippen molar-refractivity contribution in [3.05, 3.63) is 112 Å². The van der Waals surface area contributed by atoms with Gasteiger partial charge in [0.1, 0.15) is 5.82 Å². The molecule has 32 heavy (non-hydrogen) atoms. The first-order valence-electron chi connectivity index (χ1n) is 11.1. The second-order valence-electron chi connectivity index (χ2n) is 7.90. The van der Waals surface area contributed by atoms with Crippen molar-refractivity contribution in [3.8, 4) is 0 Å². The highest BCUT2D eigenvalue weighted by Gasteiger charge is 2.14. The smallest absolute Gasteiger partial charge is 0.258 e. The first-order chi connectivity index (χ1) is 15.7. The third-order valence-corrected chi connectivity index (χ3v) is 5.64. The molecule has 0 bridgehead atoms. The van der Waals surface area contributed by atoms with Gasteiger partial charge in [0.15, 0.2) is 0 Å². The van der Waals surface area contributed by atoms with Gasteiger partial charge in [-0.2, -0.15) is 0 Å². The summed E-state index contributed by atoms with van der Waals surface area (Å²) >= 11 is 0. The number of carbonyl (C=O) groups excluding carboxylic acids is 1. The molecule has 0 spiro atoms. The molecule has 5 nitrogen and oxygen atoms in total. The molecule has 1 heterocycles. The van der Waals surface area contributed by atoms with Crippen LogP contribution in [-0.4, -0.2) is 22.4 Å². The SMILES string of the molecule is O=C(CCCc1nc2ccccc2c(=O)[nH]1)NCCC(c1ccccc1)c1ccccc1. The molecule has 0 aliphatic carbocycles. The van der Waals surface area contributed by atoms with Crippen LogP contribution in [0.1, 0.15) is 42.1 Å². The zero-order valence-corrected chi connectivity index (χ0v) is 18.0. The van der Waals surface area contributed by atoms with Crippen LogP contribution < -0.4 is 10.9 Å². The van der Waals surface area contributed by atoms with E-state index >= 15 is 0 Å². The Morgan fingerprint density at radius 1 is 0.875 bits per heavy atom. The molecule has 4 aromatic rings. The van der Waals surface area contributed by atoms with Gasteiger partial charge in [-0.25, -0.2) is 4.98 Å². The van der Waals surface area contributed by atoms with Gasteiger partial charge in [0.25, 0.3) is 5.56 Å². The van der Waals surface area contributed by atoms with Crippen molar-refractivity contribution in [2.24, 2.45) is 0 Å². The number of H-pyrrole nitrogens is 1. The van der Waals surface area contributed by atoms with Crippen molar-refractivity contribution in [1.82, 2.24) is 15.3 Å². The fourth-order valence-corrected chi connectivity index (χ4v) is 4.01. The van der Waals surface area contributed by atoms with Crippen molar-refractivity contribution in [1.29, 1.82) is 0 Å². The first-order valence-corrected chi connectivity index (χ1v) is 11.1. The average molecular weight is 426 g/mol. The quantitative estimate of drug-likeness (QED) is 0.412. The summed E-state index contributed by atoms with van der Waals surface area (Å²) in [4.78, 5) is 31.8. The van der Waals surface area contributed by atoms with Crippen molar-refractivity contribution >= 4 is 16.8 Å². The fraction of sp³-hybridized carbons (Fsp3) is 0.222. The summed E-state index contributed by atoms with van der Waals surface area (Å²) in [6.45, 7) is 0.609. The molecule has 0 aliphatic rings. The van der Waals surface area contributed by atoms with E-state index in [1.807, 2.05) is 30.3 Å². The van der Waals surface area contributed by atoms with Crippen LogP contribution in [0.4, 0.5) is 0 Å². The van der Waals surface area contributed by atoms with Gasteiger partial charge in [0.05, 0.1) is 10.9 Å². The molecule has 3 aromatic carbocycles. The van der Waals surface area contributed by atoms with Gasteiger partial charge >= 0.3 is 0 Å². The Balaban J connectivity index is 1.28. The second kappa shape index (κ2) is 10.5. The average Bonchev–Trinajstić information content (AvgIpc) is 2.83. The molecule has 0 saturated carbocycles. The normalized spacial score (nSPS) is 11.0. The lowest BCUT2D eigenvalue weighted by Gasteiger charge is -2.18. The van der Waals surface area contributed by atoms with Crippen LogP contribution in [0.2, 0.25) is 0 Å². The van der Waals surface area contributed by atoms with Crippen LogP contribution in [0, 0.1) is 0 Å². The van der Waals surface area contributed by atoms with Crippen molar-refractivity contribution < 1.29 is 4.79 Å². The number of hydrogen-bond acceptors (Lipinski definition) is 3. The standard InChI is InChI=1S/C27H27N3O2/c31-26(17-9-16-25-29-24-15-8-7-14-23(24)27(32)30-25)28-19-18-22(20-10-3-1-4-11-20)21-12-5-2-6-13-21/h1-8,10-15,22H,9,16-19H2,(H,28,31)(H,29,30,32). The molecule has 0 fully saturated rings. The summed E-state index contributed by atoms with van der Waals surface area (Å²) in [7, 11) is 0. The maximum atomic E-state index is 12.4. The second-order valence-corrected chi connectivity index (χ2v) is 7.90. The molecule has 1 aromatic heterocycles. The molecule has 5 heteroatoms. The topological polar surface area (TPSA) is 74.8 Å². The number of aromatic amines is 1. The number of fused-ring (bicyclic) bond motifs is 1. The van der Waals surface area contributed by atoms with E-state index in [4.69, 9.17) is 0 Å². The molecule has 0 aliphatic heterocycles. The van der Waals surface area contributed by atoms with Gasteiger partial charge in [-0.15, -0.1) is 0 Å². The van der Waals surface area contributed by atoms with Gasteiger partial charge in [0.2, 0.25) is 5.91 Å². The Labute approximate surface area is 187 Å². The fourth-order valence-electron chi connectivity index (χ4n) is 4.01. The summed E-state index contributed by atoms with van der Waals surface area (Å²) in [5.41, 5.74) is 3.05. The van der Waals surface area contributed by atoms with Gasteiger partial charge in [-0.3, -0.25) is 9.59 Å². The number of benzene rings is 3. The van der Waals surface area contributed by atoms with E-state index in [0.29, 0.717) is 42.5 Å². The molecular formula is C27H27N3O2. The van der Waals surface area contributed by atoms with E-state index in [9.17, 15) is 9.59 Å². The molecule has 4 rings (SSSR count). The van der Waals surface area contributed by atoms with Crippen LogP contribution in [0.15, 0.2) is 89.7 Å². The Bertz CT molecular complexity index is 1180. The number of rotatable bonds is 9. The minimum atomic E-state index is -0.136. The predicted octanol–water partition coefficient (Wildman–Crippen LogP) is 4.58. The Morgan fingerprint density at radius 2 is 1.50 bits per heavy atom. The molecule has 0 unspecified atom stereocenters. The first kappa shape index (κ1) is 21.5. The summed E-state index contributed by atoms with van der Waals surface area (Å²) < 4.78 is 0. The molecule has 0 radical (unpaired) electrons. The van der Waals surface area contributed by atoms with Gasteiger partial charge in [-0.1, -0.05) is 72.8 Å². The number of hydrogen-bond donors (Lipinski definition) is 2. The number of carbonyl (C=O) groups is 1. The number of amides is 1. The number of aryl methyl sites for hydroxylation is 1. The lowest BCUT2D eigenvalue weighted by Crippen LogP contribution is -2.25. The third kappa shape index (κ3) is 5.49. The van der Waals surface area contributed by atoms with E-state index < -0.39 is 0 Å². The van der Waals surface area contributed by atoms with Crippen LogP contribution in [0.25, 0.3) is 10.9 Å². The van der Waals surface area contributed by atoms with Gasteiger partial charge < -0.3 is 10.3 Å². The van der Waals surface area contributed by atoms with Crippen molar-refractivity contribution in [2.45, 2.75) is 31.6 Å². The number of aromatic nitrogens is 2. The van der Waals surface area contributed by atoms with E-state index in [-0.39, 0.29) is 17.4 Å². The van der Waals surface area contributed by atoms with Crippen LogP contribution in [0.5, 0.6) is 0 Å². The highest BCUT2D eigenvalue weighted by atomic mass is 16.1. The number of nitrogens with one attached hydrogen (secondary N) is 2. The predicted molar refractivity (Wildman–Crippen MR) is 128 cm³/mol. The summed E-state index contributed by atoms with van der Waals surface area (Å²) in [5, 5.41) is 3.63. The largest absolute Gasteiger partial charge is 0.356 e. The van der Waals surface area contributed by atoms with Crippen molar-refractivity contribution in [3.63, 3.8) is 0 Å². The Kier molecular flexibility index (Phi) is 7.08. The van der Waals surface area contributed by atoms with Crippen LogP contribution >= 0.6 is 0 Å².